The molecule has 11 heteroatoms. The number of aliphatic hydroxyl groups is 4. The summed E-state index contributed by atoms with van der Waals surface area (Å²) in [5, 5.41) is 71.1. The van der Waals surface area contributed by atoms with Crippen molar-refractivity contribution in [3.8, 4) is 34.3 Å². The molecule has 1 aliphatic heterocycles. The van der Waals surface area contributed by atoms with Crippen LogP contribution in [-0.4, -0.2) is 73.9 Å². The molecule has 7 N–H and O–H groups in total. The third-order valence-electron chi connectivity index (χ3n) is 5.68. The van der Waals surface area contributed by atoms with Gasteiger partial charge in [-0.1, -0.05) is 0 Å². The normalized spacial score (nSPS) is 25.3. The molecule has 2 aromatic carbocycles. The van der Waals surface area contributed by atoms with Crippen LogP contribution in [0.3, 0.4) is 0 Å². The summed E-state index contributed by atoms with van der Waals surface area (Å²) in [6.45, 7) is -0.731. The second-order valence-corrected chi connectivity index (χ2v) is 7.62. The van der Waals surface area contributed by atoms with Crippen molar-refractivity contribution in [2.24, 2.45) is 0 Å². The van der Waals surface area contributed by atoms with Gasteiger partial charge in [-0.2, -0.15) is 0 Å². The van der Waals surface area contributed by atoms with Crippen LogP contribution in [0.4, 0.5) is 0 Å². The molecule has 1 aromatic heterocycles. The first-order valence-corrected chi connectivity index (χ1v) is 9.89. The molecule has 0 spiro atoms. The molecule has 2 heterocycles. The first kappa shape index (κ1) is 22.8. The summed E-state index contributed by atoms with van der Waals surface area (Å²) < 4.78 is 16.0. The zero-order chi connectivity index (χ0) is 24.0. The Kier molecular flexibility index (Phi) is 5.91. The lowest BCUT2D eigenvalue weighted by atomic mass is 9.89. The first-order chi connectivity index (χ1) is 15.7. The highest BCUT2D eigenvalue weighted by Gasteiger charge is 2.46. The smallest absolute Gasteiger partial charge is 0.238 e. The Bertz CT molecular complexity index is 1230. The fraction of sp³-hybridized carbons (Fsp3) is 0.318. The fourth-order valence-electron chi connectivity index (χ4n) is 3.89. The largest absolute Gasteiger partial charge is 0.507 e. The topological polar surface area (TPSA) is 190 Å². The number of hydrogen-bond acceptors (Lipinski definition) is 11. The van der Waals surface area contributed by atoms with E-state index < -0.39 is 70.8 Å². The molecule has 0 aliphatic carbocycles. The van der Waals surface area contributed by atoms with Crippen LogP contribution < -0.4 is 10.2 Å². The minimum atomic E-state index is -1.82. The van der Waals surface area contributed by atoms with E-state index in [0.29, 0.717) is 11.3 Å². The van der Waals surface area contributed by atoms with Gasteiger partial charge in [-0.05, 0) is 24.3 Å². The summed E-state index contributed by atoms with van der Waals surface area (Å²) in [6.07, 6.45) is -8.20. The van der Waals surface area contributed by atoms with E-state index in [0.717, 1.165) is 6.07 Å². The maximum Gasteiger partial charge on any atom is 0.238 e. The van der Waals surface area contributed by atoms with Crippen molar-refractivity contribution in [3.63, 3.8) is 0 Å². The minimum absolute atomic E-state index is 0.213. The van der Waals surface area contributed by atoms with Crippen LogP contribution in [0.5, 0.6) is 23.0 Å². The van der Waals surface area contributed by atoms with E-state index in [-0.39, 0.29) is 11.3 Å². The molecule has 5 unspecified atom stereocenters. The molecule has 0 radical (unpaired) electrons. The van der Waals surface area contributed by atoms with Gasteiger partial charge in [0.05, 0.1) is 19.3 Å². The zero-order valence-corrected chi connectivity index (χ0v) is 17.2. The zero-order valence-electron chi connectivity index (χ0n) is 17.2. The lowest BCUT2D eigenvalue weighted by Crippen LogP contribution is -2.55. The summed E-state index contributed by atoms with van der Waals surface area (Å²) in [7, 11) is 1.47. The number of rotatable bonds is 4. The maximum absolute atomic E-state index is 12.9. The molecule has 33 heavy (non-hydrogen) atoms. The molecule has 1 aliphatic rings. The number of aromatic hydroxyl groups is 3. The summed E-state index contributed by atoms with van der Waals surface area (Å²) in [5.41, 5.74) is -1.45. The van der Waals surface area contributed by atoms with Gasteiger partial charge in [0.1, 0.15) is 58.7 Å². The number of fused-ring (bicyclic) bond motifs is 1. The van der Waals surface area contributed by atoms with Gasteiger partial charge in [0, 0.05) is 11.6 Å². The Morgan fingerprint density at radius 3 is 2.24 bits per heavy atom. The second kappa shape index (κ2) is 8.54. The van der Waals surface area contributed by atoms with E-state index >= 15 is 0 Å². The van der Waals surface area contributed by atoms with Crippen LogP contribution in [0.15, 0.2) is 39.5 Å². The van der Waals surface area contributed by atoms with Crippen LogP contribution in [0.25, 0.3) is 22.3 Å². The molecule has 0 amide bonds. The van der Waals surface area contributed by atoms with Crippen molar-refractivity contribution < 1.29 is 49.6 Å². The number of methoxy groups -OCH3 is 1. The molecular weight excluding hydrogens is 440 g/mol. The predicted molar refractivity (Wildman–Crippen MR) is 112 cm³/mol. The summed E-state index contributed by atoms with van der Waals surface area (Å²) in [5.74, 6) is -2.01. The Hall–Kier alpha value is -3.35. The number of benzene rings is 2. The lowest BCUT2D eigenvalue weighted by molar-refractivity contribution is -0.232. The van der Waals surface area contributed by atoms with Crippen LogP contribution in [0, 0.1) is 0 Å². The molecule has 11 nitrogen and oxygen atoms in total. The molecule has 3 aromatic rings. The highest BCUT2D eigenvalue weighted by atomic mass is 16.5. The molecule has 1 saturated heterocycles. The maximum atomic E-state index is 12.9. The molecule has 4 rings (SSSR count). The molecular formula is C22H22O11. The number of ether oxygens (including phenoxy) is 2. The van der Waals surface area contributed by atoms with Gasteiger partial charge in [0.25, 0.3) is 0 Å². The molecule has 0 bridgehead atoms. The standard InChI is InChI=1S/C22H22O11/c1-31-9-4-2-8(3-5-9)21-19(29)17(27)14-11(32-21)6-10(24)13(16(14)26)22-20(30)18(28)15(25)12(7-23)33-22/h2-6,12,15,18,20,22-26,28-30H,7H2,1H3. The minimum Gasteiger partial charge on any atom is -0.507 e. The van der Waals surface area contributed by atoms with Crippen LogP contribution >= 0.6 is 0 Å². The lowest BCUT2D eigenvalue weighted by Gasteiger charge is -2.40. The number of aliphatic hydroxyl groups excluding tert-OH is 4. The van der Waals surface area contributed by atoms with Crippen LogP contribution in [0.2, 0.25) is 0 Å². The number of phenols is 2. The highest BCUT2D eigenvalue weighted by molar-refractivity contribution is 5.90. The number of hydrogen-bond donors (Lipinski definition) is 7. The summed E-state index contributed by atoms with van der Waals surface area (Å²) in [6, 6.07) is 7.21. The SMILES string of the molecule is COc1ccc(-c2oc3cc(O)c(C4OC(CO)C(O)C(O)C4O)c(O)c3c(=O)c2O)cc1. The Morgan fingerprint density at radius 2 is 1.64 bits per heavy atom. The summed E-state index contributed by atoms with van der Waals surface area (Å²) >= 11 is 0. The Morgan fingerprint density at radius 1 is 0.970 bits per heavy atom. The van der Waals surface area contributed by atoms with E-state index in [4.69, 9.17) is 13.9 Å². The molecule has 1 fully saturated rings. The van der Waals surface area contributed by atoms with E-state index in [1.54, 1.807) is 12.1 Å². The first-order valence-electron chi connectivity index (χ1n) is 9.89. The third-order valence-corrected chi connectivity index (χ3v) is 5.68. The Labute approximate surface area is 185 Å². The second-order valence-electron chi connectivity index (χ2n) is 7.62. The fourth-order valence-corrected chi connectivity index (χ4v) is 3.89. The van der Waals surface area contributed by atoms with Gasteiger partial charge in [-0.15, -0.1) is 0 Å². The highest BCUT2D eigenvalue weighted by Crippen LogP contribution is 2.45. The number of phenolic OH excluding ortho intramolecular Hbond substituents is 2. The van der Waals surface area contributed by atoms with E-state index in [9.17, 15) is 40.5 Å². The van der Waals surface area contributed by atoms with Crippen molar-refractivity contribution >= 4 is 11.0 Å². The van der Waals surface area contributed by atoms with Crippen molar-refractivity contribution in [1.29, 1.82) is 0 Å². The summed E-state index contributed by atoms with van der Waals surface area (Å²) in [4.78, 5) is 12.9. The van der Waals surface area contributed by atoms with Gasteiger partial charge in [-0.25, -0.2) is 0 Å². The third kappa shape index (κ3) is 3.65. The average Bonchev–Trinajstić information content (AvgIpc) is 2.81. The van der Waals surface area contributed by atoms with E-state index in [2.05, 4.69) is 0 Å². The molecule has 5 atom stereocenters. The van der Waals surface area contributed by atoms with Crippen LogP contribution in [0.1, 0.15) is 11.7 Å². The van der Waals surface area contributed by atoms with Gasteiger partial charge in [-0.3, -0.25) is 4.79 Å². The Balaban J connectivity index is 1.88. The van der Waals surface area contributed by atoms with Gasteiger partial charge in [0.15, 0.2) is 5.76 Å². The van der Waals surface area contributed by atoms with Crippen LogP contribution in [-0.2, 0) is 4.74 Å². The van der Waals surface area contributed by atoms with Gasteiger partial charge >= 0.3 is 0 Å². The van der Waals surface area contributed by atoms with Crippen molar-refractivity contribution in [2.75, 3.05) is 13.7 Å². The van der Waals surface area contributed by atoms with Crippen molar-refractivity contribution in [2.45, 2.75) is 30.5 Å². The molecule has 176 valence electrons. The quantitative estimate of drug-likeness (QED) is 0.278. The van der Waals surface area contributed by atoms with E-state index in [1.807, 2.05) is 0 Å². The average molecular weight is 462 g/mol. The van der Waals surface area contributed by atoms with Crippen molar-refractivity contribution in [1.82, 2.24) is 0 Å². The molecule has 0 saturated carbocycles. The predicted octanol–water partition coefficient (Wildman–Crippen LogP) is 0.100. The van der Waals surface area contributed by atoms with Gasteiger partial charge in [0.2, 0.25) is 11.2 Å². The van der Waals surface area contributed by atoms with E-state index in [1.165, 1.54) is 19.2 Å². The monoisotopic (exact) mass is 462 g/mol. The van der Waals surface area contributed by atoms with Crippen molar-refractivity contribution in [3.05, 3.63) is 46.1 Å². The van der Waals surface area contributed by atoms with Gasteiger partial charge < -0.3 is 49.6 Å².